The van der Waals surface area contributed by atoms with Crippen LogP contribution < -0.4 is 20.9 Å². The molecule has 10 heteroatoms. The Hall–Kier alpha value is -2.78. The number of rotatable bonds is 3. The van der Waals surface area contributed by atoms with Crippen LogP contribution in [0.15, 0.2) is 36.4 Å². The monoisotopic (exact) mass is 352 g/mol. The Morgan fingerprint density at radius 1 is 0.708 bits per heavy atom. The molecule has 4 N–H and O–H groups in total. The quantitative estimate of drug-likeness (QED) is 0.638. The standard InChI is InChI=1S/C14H10F6N2O2/c15-13(16,17)23-11-6-10(22)12(24-14(18,19)20)5-9(11)7-1-3-8(21)4-2-7/h1-6H,21-22H2. The van der Waals surface area contributed by atoms with Gasteiger partial charge in [0.25, 0.3) is 0 Å². The molecular formula is C14H10F6N2O2. The number of hydrogen-bond acceptors (Lipinski definition) is 4. The molecule has 2 aromatic carbocycles. The highest BCUT2D eigenvalue weighted by Crippen LogP contribution is 2.41. The summed E-state index contributed by atoms with van der Waals surface area (Å²) in [4.78, 5) is 0. The summed E-state index contributed by atoms with van der Waals surface area (Å²) in [5.74, 6) is -1.61. The molecule has 0 aliphatic rings. The Bertz CT molecular complexity index is 726. The molecule has 0 aliphatic heterocycles. The zero-order chi connectivity index (χ0) is 18.1. The lowest BCUT2D eigenvalue weighted by Gasteiger charge is -2.17. The van der Waals surface area contributed by atoms with E-state index in [0.29, 0.717) is 11.8 Å². The van der Waals surface area contributed by atoms with Crippen molar-refractivity contribution in [2.45, 2.75) is 12.7 Å². The number of nitrogen functional groups attached to an aromatic ring is 2. The van der Waals surface area contributed by atoms with Crippen molar-refractivity contribution in [1.82, 2.24) is 0 Å². The van der Waals surface area contributed by atoms with E-state index < -0.39 is 29.9 Å². The van der Waals surface area contributed by atoms with Gasteiger partial charge in [0.15, 0.2) is 5.75 Å². The Morgan fingerprint density at radius 3 is 1.71 bits per heavy atom. The third-order valence-electron chi connectivity index (χ3n) is 2.79. The molecule has 2 aromatic rings. The Balaban J connectivity index is 2.57. The summed E-state index contributed by atoms with van der Waals surface area (Å²) in [6, 6.07) is 6.71. The number of ether oxygens (including phenoxy) is 2. The van der Waals surface area contributed by atoms with E-state index in [1.54, 1.807) is 0 Å². The number of hydrogen-bond donors (Lipinski definition) is 2. The molecule has 0 saturated heterocycles. The predicted octanol–water partition coefficient (Wildman–Crippen LogP) is 4.32. The molecule has 0 unspecified atom stereocenters. The van der Waals surface area contributed by atoms with Gasteiger partial charge in [0, 0.05) is 17.3 Å². The molecule has 0 amide bonds. The summed E-state index contributed by atoms with van der Waals surface area (Å²) in [7, 11) is 0. The second-order valence-corrected chi connectivity index (χ2v) is 4.60. The van der Waals surface area contributed by atoms with Gasteiger partial charge in [0.2, 0.25) is 0 Å². The van der Waals surface area contributed by atoms with Crippen molar-refractivity contribution in [3.05, 3.63) is 36.4 Å². The maximum atomic E-state index is 12.5. The summed E-state index contributed by atoms with van der Waals surface area (Å²) in [5.41, 5.74) is 10.3. The number of alkyl halides is 6. The van der Waals surface area contributed by atoms with Crippen LogP contribution in [0.2, 0.25) is 0 Å². The predicted molar refractivity (Wildman–Crippen MR) is 74.1 cm³/mol. The number of anilines is 2. The Morgan fingerprint density at radius 2 is 1.21 bits per heavy atom. The van der Waals surface area contributed by atoms with Crippen LogP contribution in [0.5, 0.6) is 11.5 Å². The van der Waals surface area contributed by atoms with Gasteiger partial charge in [-0.25, -0.2) is 0 Å². The van der Waals surface area contributed by atoms with Crippen LogP contribution in [0.3, 0.4) is 0 Å². The van der Waals surface area contributed by atoms with Gasteiger partial charge in [-0.3, -0.25) is 0 Å². The normalized spacial score (nSPS) is 12.1. The fourth-order valence-electron chi connectivity index (χ4n) is 1.89. The summed E-state index contributed by atoms with van der Waals surface area (Å²) < 4.78 is 82.2. The van der Waals surface area contributed by atoms with E-state index in [0.717, 1.165) is 6.07 Å². The van der Waals surface area contributed by atoms with Gasteiger partial charge in [-0.1, -0.05) is 12.1 Å². The molecule has 0 fully saturated rings. The smallest absolute Gasteiger partial charge is 0.405 e. The summed E-state index contributed by atoms with van der Waals surface area (Å²) >= 11 is 0. The van der Waals surface area contributed by atoms with Crippen molar-refractivity contribution < 1.29 is 35.8 Å². The van der Waals surface area contributed by atoms with E-state index >= 15 is 0 Å². The fraction of sp³-hybridized carbons (Fsp3) is 0.143. The van der Waals surface area contributed by atoms with Gasteiger partial charge in [0.05, 0.1) is 5.69 Å². The lowest BCUT2D eigenvalue weighted by atomic mass is 10.0. The van der Waals surface area contributed by atoms with Gasteiger partial charge in [-0.2, -0.15) is 0 Å². The molecule has 0 heterocycles. The third kappa shape index (κ3) is 4.61. The molecule has 0 atom stereocenters. The molecule has 130 valence electrons. The number of nitrogens with two attached hydrogens (primary N) is 2. The molecule has 0 bridgehead atoms. The first-order valence-electron chi connectivity index (χ1n) is 6.25. The maximum Gasteiger partial charge on any atom is 0.573 e. The first-order valence-corrected chi connectivity index (χ1v) is 6.25. The average molecular weight is 352 g/mol. The lowest BCUT2D eigenvalue weighted by Crippen LogP contribution is -2.20. The number of benzene rings is 2. The van der Waals surface area contributed by atoms with Crippen LogP contribution in [0, 0.1) is 0 Å². The van der Waals surface area contributed by atoms with Gasteiger partial charge in [0.1, 0.15) is 5.75 Å². The van der Waals surface area contributed by atoms with Crippen molar-refractivity contribution in [3.63, 3.8) is 0 Å². The van der Waals surface area contributed by atoms with Crippen molar-refractivity contribution in [1.29, 1.82) is 0 Å². The van der Waals surface area contributed by atoms with Crippen LogP contribution in [0.25, 0.3) is 11.1 Å². The average Bonchev–Trinajstić information content (AvgIpc) is 2.40. The maximum absolute atomic E-state index is 12.5. The van der Waals surface area contributed by atoms with E-state index in [1.165, 1.54) is 24.3 Å². The van der Waals surface area contributed by atoms with Crippen LogP contribution in [0.4, 0.5) is 37.7 Å². The first kappa shape index (κ1) is 17.6. The highest BCUT2D eigenvalue weighted by atomic mass is 19.4. The number of halogens is 6. The minimum atomic E-state index is -5.06. The minimum Gasteiger partial charge on any atom is -0.405 e. The second kappa shape index (κ2) is 6.02. The van der Waals surface area contributed by atoms with Crippen molar-refractivity contribution in [2.24, 2.45) is 0 Å². The lowest BCUT2D eigenvalue weighted by molar-refractivity contribution is -0.276. The largest absolute Gasteiger partial charge is 0.573 e. The molecular weight excluding hydrogens is 342 g/mol. The van der Waals surface area contributed by atoms with Crippen LogP contribution in [-0.4, -0.2) is 12.7 Å². The molecule has 0 saturated carbocycles. The molecule has 4 nitrogen and oxygen atoms in total. The molecule has 0 aromatic heterocycles. The van der Waals surface area contributed by atoms with Gasteiger partial charge in [-0.05, 0) is 23.8 Å². The van der Waals surface area contributed by atoms with Gasteiger partial charge < -0.3 is 20.9 Å². The van der Waals surface area contributed by atoms with Gasteiger partial charge in [-0.15, -0.1) is 26.3 Å². The summed E-state index contributed by atoms with van der Waals surface area (Å²) in [6.07, 6.45) is -10.1. The third-order valence-corrected chi connectivity index (χ3v) is 2.79. The van der Waals surface area contributed by atoms with E-state index in [-0.39, 0.29) is 11.1 Å². The van der Waals surface area contributed by atoms with Crippen molar-refractivity contribution >= 4 is 11.4 Å². The van der Waals surface area contributed by atoms with Crippen molar-refractivity contribution in [3.8, 4) is 22.6 Å². The molecule has 0 aliphatic carbocycles. The van der Waals surface area contributed by atoms with Crippen LogP contribution in [-0.2, 0) is 0 Å². The van der Waals surface area contributed by atoms with E-state index in [2.05, 4.69) is 9.47 Å². The summed E-state index contributed by atoms with van der Waals surface area (Å²) in [5, 5.41) is 0. The van der Waals surface area contributed by atoms with E-state index in [9.17, 15) is 26.3 Å². The zero-order valence-electron chi connectivity index (χ0n) is 11.7. The highest BCUT2D eigenvalue weighted by Gasteiger charge is 2.35. The molecule has 24 heavy (non-hydrogen) atoms. The Kier molecular flexibility index (Phi) is 4.41. The minimum absolute atomic E-state index is 0.135. The first-order chi connectivity index (χ1) is 10.9. The second-order valence-electron chi connectivity index (χ2n) is 4.60. The molecule has 0 radical (unpaired) electrons. The van der Waals surface area contributed by atoms with Crippen molar-refractivity contribution in [2.75, 3.05) is 11.5 Å². The fourth-order valence-corrected chi connectivity index (χ4v) is 1.89. The highest BCUT2D eigenvalue weighted by molar-refractivity contribution is 5.77. The van der Waals surface area contributed by atoms with Gasteiger partial charge >= 0.3 is 12.7 Å². The van der Waals surface area contributed by atoms with E-state index in [4.69, 9.17) is 11.5 Å². The van der Waals surface area contributed by atoms with E-state index in [1.807, 2.05) is 0 Å². The zero-order valence-corrected chi connectivity index (χ0v) is 11.7. The van der Waals surface area contributed by atoms with Crippen LogP contribution in [0.1, 0.15) is 0 Å². The molecule has 0 spiro atoms. The van der Waals surface area contributed by atoms with Crippen LogP contribution >= 0.6 is 0 Å². The topological polar surface area (TPSA) is 70.5 Å². The SMILES string of the molecule is Nc1ccc(-c2cc(OC(F)(F)F)c(N)cc2OC(F)(F)F)cc1. The Labute approximate surface area is 131 Å². The summed E-state index contributed by atoms with van der Waals surface area (Å²) in [6.45, 7) is 0. The molecule has 2 rings (SSSR count).